The molecular weight excluding hydrogens is 414 g/mol. The van der Waals surface area contributed by atoms with Crippen LogP contribution in [-0.2, 0) is 11.3 Å². The van der Waals surface area contributed by atoms with Gasteiger partial charge in [0.05, 0.1) is 32.5 Å². The van der Waals surface area contributed by atoms with Gasteiger partial charge in [0.1, 0.15) is 11.5 Å². The SMILES string of the molecule is COc1ccc(C2=NN(C(=O)CN(C)Cc3ccccc3)[C@H](c3ccccc3)C2)c(OC)c1. The fourth-order valence-corrected chi connectivity index (χ4v) is 4.13. The molecule has 3 aromatic rings. The molecule has 6 heteroatoms. The summed E-state index contributed by atoms with van der Waals surface area (Å²) in [6, 6.07) is 25.7. The predicted octanol–water partition coefficient (Wildman–Crippen LogP) is 4.51. The van der Waals surface area contributed by atoms with Gasteiger partial charge in [0.2, 0.25) is 0 Å². The van der Waals surface area contributed by atoms with Crippen LogP contribution in [-0.4, -0.2) is 49.3 Å². The fraction of sp³-hybridized carbons (Fsp3) is 0.259. The standard InChI is InChI=1S/C27H29N3O3/c1-29(18-20-10-6-4-7-11-20)19-27(31)30-25(21-12-8-5-9-13-21)17-24(28-30)23-15-14-22(32-2)16-26(23)33-3/h4-16,25H,17-19H2,1-3H3/t25-/m0/s1. The molecule has 6 nitrogen and oxygen atoms in total. The van der Waals surface area contributed by atoms with E-state index in [1.165, 1.54) is 5.56 Å². The van der Waals surface area contributed by atoms with E-state index >= 15 is 0 Å². The summed E-state index contributed by atoms with van der Waals surface area (Å²) in [5.74, 6) is 1.35. The summed E-state index contributed by atoms with van der Waals surface area (Å²) in [4.78, 5) is 15.4. The van der Waals surface area contributed by atoms with Crippen LogP contribution in [0.4, 0.5) is 0 Å². The topological polar surface area (TPSA) is 54.4 Å². The molecule has 0 saturated carbocycles. The van der Waals surface area contributed by atoms with E-state index in [2.05, 4.69) is 12.1 Å². The van der Waals surface area contributed by atoms with Gasteiger partial charge in [-0.1, -0.05) is 60.7 Å². The molecule has 0 saturated heterocycles. The Labute approximate surface area is 195 Å². The lowest BCUT2D eigenvalue weighted by Gasteiger charge is -2.24. The molecule has 0 radical (unpaired) electrons. The molecule has 0 bridgehead atoms. The minimum absolute atomic E-state index is 0.0373. The number of amides is 1. The Balaban J connectivity index is 1.60. The third kappa shape index (κ3) is 5.23. The molecule has 0 aromatic heterocycles. The second-order valence-corrected chi connectivity index (χ2v) is 8.14. The Morgan fingerprint density at radius 1 is 1.00 bits per heavy atom. The molecule has 3 aromatic carbocycles. The van der Waals surface area contributed by atoms with Crippen molar-refractivity contribution in [2.75, 3.05) is 27.8 Å². The van der Waals surface area contributed by atoms with Gasteiger partial charge in [-0.25, -0.2) is 5.01 Å². The number of carbonyl (C=O) groups excluding carboxylic acids is 1. The van der Waals surface area contributed by atoms with E-state index in [9.17, 15) is 4.79 Å². The van der Waals surface area contributed by atoms with Gasteiger partial charge in [-0.15, -0.1) is 0 Å². The first kappa shape index (κ1) is 22.6. The second kappa shape index (κ2) is 10.3. The minimum atomic E-state index is -0.161. The molecule has 0 unspecified atom stereocenters. The van der Waals surface area contributed by atoms with Crippen LogP contribution in [0.2, 0.25) is 0 Å². The van der Waals surface area contributed by atoms with Crippen LogP contribution < -0.4 is 9.47 Å². The lowest BCUT2D eigenvalue weighted by atomic mass is 9.98. The minimum Gasteiger partial charge on any atom is -0.497 e. The van der Waals surface area contributed by atoms with Gasteiger partial charge in [0.15, 0.2) is 0 Å². The van der Waals surface area contributed by atoms with Crippen molar-refractivity contribution in [1.82, 2.24) is 9.91 Å². The lowest BCUT2D eigenvalue weighted by Crippen LogP contribution is -2.36. The Morgan fingerprint density at radius 2 is 1.70 bits per heavy atom. The van der Waals surface area contributed by atoms with Crippen LogP contribution in [0.5, 0.6) is 11.5 Å². The second-order valence-electron chi connectivity index (χ2n) is 8.14. The zero-order valence-corrected chi connectivity index (χ0v) is 19.3. The van der Waals surface area contributed by atoms with Crippen molar-refractivity contribution in [3.05, 3.63) is 95.6 Å². The number of hydrogen-bond acceptors (Lipinski definition) is 5. The largest absolute Gasteiger partial charge is 0.497 e. The summed E-state index contributed by atoms with van der Waals surface area (Å²) in [7, 11) is 5.21. The number of methoxy groups -OCH3 is 2. The highest BCUT2D eigenvalue weighted by Gasteiger charge is 2.34. The molecule has 1 aliphatic rings. The smallest absolute Gasteiger partial charge is 0.257 e. The van der Waals surface area contributed by atoms with E-state index in [-0.39, 0.29) is 18.5 Å². The number of nitrogens with zero attached hydrogens (tertiary/aromatic N) is 3. The van der Waals surface area contributed by atoms with Crippen LogP contribution in [0.3, 0.4) is 0 Å². The summed E-state index contributed by atoms with van der Waals surface area (Å²) in [5, 5.41) is 6.43. The Morgan fingerprint density at radius 3 is 2.36 bits per heavy atom. The van der Waals surface area contributed by atoms with E-state index in [4.69, 9.17) is 14.6 Å². The maximum absolute atomic E-state index is 13.4. The van der Waals surface area contributed by atoms with Gasteiger partial charge < -0.3 is 9.47 Å². The number of hydrazone groups is 1. The number of rotatable bonds is 8. The quantitative estimate of drug-likeness (QED) is 0.514. The van der Waals surface area contributed by atoms with Crippen LogP contribution >= 0.6 is 0 Å². The zero-order chi connectivity index (χ0) is 23.2. The molecular formula is C27H29N3O3. The third-order valence-corrected chi connectivity index (χ3v) is 5.77. The molecule has 0 fully saturated rings. The van der Waals surface area contributed by atoms with Crippen molar-refractivity contribution in [2.45, 2.75) is 19.0 Å². The Hall–Kier alpha value is -3.64. The predicted molar refractivity (Wildman–Crippen MR) is 130 cm³/mol. The van der Waals surface area contributed by atoms with Gasteiger partial charge in [-0.3, -0.25) is 9.69 Å². The van der Waals surface area contributed by atoms with Gasteiger partial charge in [-0.2, -0.15) is 5.10 Å². The number of hydrogen-bond donors (Lipinski definition) is 0. The first-order valence-corrected chi connectivity index (χ1v) is 11.0. The molecule has 1 heterocycles. The fourth-order valence-electron chi connectivity index (χ4n) is 4.13. The van der Waals surface area contributed by atoms with E-state index < -0.39 is 0 Å². The molecule has 0 spiro atoms. The highest BCUT2D eigenvalue weighted by atomic mass is 16.5. The van der Waals surface area contributed by atoms with E-state index in [1.54, 1.807) is 19.2 Å². The lowest BCUT2D eigenvalue weighted by molar-refractivity contribution is -0.134. The summed E-state index contributed by atoms with van der Waals surface area (Å²) in [5.41, 5.74) is 3.92. The number of carbonyl (C=O) groups is 1. The van der Waals surface area contributed by atoms with Crippen LogP contribution in [0, 0.1) is 0 Å². The van der Waals surface area contributed by atoms with E-state index in [1.807, 2.05) is 78.7 Å². The van der Waals surface area contributed by atoms with Crippen molar-refractivity contribution in [1.29, 1.82) is 0 Å². The van der Waals surface area contributed by atoms with Crippen molar-refractivity contribution in [2.24, 2.45) is 5.10 Å². The molecule has 33 heavy (non-hydrogen) atoms. The first-order valence-electron chi connectivity index (χ1n) is 11.0. The van der Waals surface area contributed by atoms with Gasteiger partial charge >= 0.3 is 0 Å². The van der Waals surface area contributed by atoms with Gasteiger partial charge in [0, 0.05) is 24.6 Å². The van der Waals surface area contributed by atoms with Crippen molar-refractivity contribution < 1.29 is 14.3 Å². The molecule has 1 atom stereocenters. The molecule has 1 aliphatic heterocycles. The summed E-state index contributed by atoms with van der Waals surface area (Å²) in [6.07, 6.45) is 0.612. The number of benzene rings is 3. The van der Waals surface area contributed by atoms with Gasteiger partial charge in [0.25, 0.3) is 5.91 Å². The highest BCUT2D eigenvalue weighted by Crippen LogP contribution is 2.36. The van der Waals surface area contributed by atoms with E-state index in [0.717, 1.165) is 16.8 Å². The maximum atomic E-state index is 13.4. The van der Waals surface area contributed by atoms with Crippen LogP contribution in [0.15, 0.2) is 84.0 Å². The average molecular weight is 444 g/mol. The molecule has 170 valence electrons. The normalized spacial score (nSPS) is 15.5. The molecule has 0 N–H and O–H groups in total. The number of likely N-dealkylation sites (N-methyl/N-ethyl adjacent to an activating group) is 1. The maximum Gasteiger partial charge on any atom is 0.257 e. The van der Waals surface area contributed by atoms with E-state index in [0.29, 0.717) is 24.5 Å². The Kier molecular flexibility index (Phi) is 7.05. The Bertz CT molecular complexity index is 1120. The summed E-state index contributed by atoms with van der Waals surface area (Å²) >= 11 is 0. The molecule has 4 rings (SSSR count). The summed E-state index contributed by atoms with van der Waals surface area (Å²) < 4.78 is 10.9. The zero-order valence-electron chi connectivity index (χ0n) is 19.3. The van der Waals surface area contributed by atoms with Crippen molar-refractivity contribution in [3.63, 3.8) is 0 Å². The van der Waals surface area contributed by atoms with Gasteiger partial charge in [-0.05, 0) is 30.3 Å². The first-order chi connectivity index (χ1) is 16.1. The van der Waals surface area contributed by atoms with Crippen LogP contribution in [0.1, 0.15) is 29.2 Å². The van der Waals surface area contributed by atoms with Crippen LogP contribution in [0.25, 0.3) is 0 Å². The number of ether oxygens (including phenoxy) is 2. The van der Waals surface area contributed by atoms with Crippen molar-refractivity contribution >= 4 is 11.6 Å². The average Bonchev–Trinajstić information content (AvgIpc) is 3.30. The molecule has 1 amide bonds. The monoisotopic (exact) mass is 443 g/mol. The highest BCUT2D eigenvalue weighted by molar-refractivity contribution is 6.05. The summed E-state index contributed by atoms with van der Waals surface area (Å²) in [6.45, 7) is 0.966. The third-order valence-electron chi connectivity index (χ3n) is 5.77. The van der Waals surface area contributed by atoms with Crippen molar-refractivity contribution in [3.8, 4) is 11.5 Å². The molecule has 0 aliphatic carbocycles.